The first-order chi connectivity index (χ1) is 12.1. The minimum atomic E-state index is -0.408. The van der Waals surface area contributed by atoms with Gasteiger partial charge < -0.3 is 24.8 Å². The molecule has 0 aromatic heterocycles. The smallest absolute Gasteiger partial charge is 0.415 e. The predicted molar refractivity (Wildman–Crippen MR) is 89.9 cm³/mol. The average Bonchev–Trinajstić information content (AvgIpc) is 2.97. The van der Waals surface area contributed by atoms with E-state index < -0.39 is 6.09 Å². The van der Waals surface area contributed by atoms with E-state index in [0.717, 1.165) is 12.1 Å². The summed E-state index contributed by atoms with van der Waals surface area (Å²) in [5, 5.41) is 0. The number of rotatable bonds is 3. The Morgan fingerprint density at radius 1 is 1.36 bits per heavy atom. The summed E-state index contributed by atoms with van der Waals surface area (Å²) in [6.45, 7) is 1.18. The first-order valence-corrected chi connectivity index (χ1v) is 8.42. The Kier molecular flexibility index (Phi) is 4.01. The van der Waals surface area contributed by atoms with E-state index in [-0.39, 0.29) is 30.7 Å². The van der Waals surface area contributed by atoms with Gasteiger partial charge in [0.25, 0.3) is 0 Å². The van der Waals surface area contributed by atoms with Gasteiger partial charge in [0, 0.05) is 32.0 Å². The van der Waals surface area contributed by atoms with Crippen LogP contribution in [0.15, 0.2) is 18.2 Å². The van der Waals surface area contributed by atoms with E-state index >= 15 is 0 Å². The number of amides is 2. The van der Waals surface area contributed by atoms with Gasteiger partial charge in [-0.3, -0.25) is 9.69 Å². The van der Waals surface area contributed by atoms with Crippen molar-refractivity contribution in [3.63, 3.8) is 0 Å². The van der Waals surface area contributed by atoms with E-state index in [4.69, 9.17) is 19.9 Å². The molecule has 134 valence electrons. The molecule has 3 unspecified atom stereocenters. The molecule has 2 fully saturated rings. The zero-order valence-electron chi connectivity index (χ0n) is 14.0. The van der Waals surface area contributed by atoms with Gasteiger partial charge in [0.05, 0.1) is 18.2 Å². The third-order valence-corrected chi connectivity index (χ3v) is 5.08. The van der Waals surface area contributed by atoms with E-state index in [2.05, 4.69) is 0 Å². The number of ether oxygens (including phenoxy) is 3. The van der Waals surface area contributed by atoms with E-state index in [1.54, 1.807) is 29.0 Å². The molecule has 0 aliphatic carbocycles. The van der Waals surface area contributed by atoms with Crippen LogP contribution in [0.2, 0.25) is 0 Å². The molecule has 25 heavy (non-hydrogen) atoms. The highest BCUT2D eigenvalue weighted by atomic mass is 16.6. The number of hydrogen-bond donors (Lipinski definition) is 1. The third-order valence-electron chi connectivity index (χ3n) is 5.08. The molecule has 3 heterocycles. The van der Waals surface area contributed by atoms with Crippen LogP contribution in [0.3, 0.4) is 0 Å². The highest BCUT2D eigenvalue weighted by molar-refractivity contribution is 5.97. The molecule has 8 nitrogen and oxygen atoms in total. The maximum Gasteiger partial charge on any atom is 0.415 e. The number of benzene rings is 1. The number of methoxy groups -OCH3 is 1. The second-order valence-electron chi connectivity index (χ2n) is 6.45. The minimum absolute atomic E-state index is 0.0223. The van der Waals surface area contributed by atoms with Crippen molar-refractivity contribution >= 4 is 23.4 Å². The number of carbonyl (C=O) groups excluding carboxylic acids is 2. The highest BCUT2D eigenvalue weighted by Gasteiger charge is 2.46. The SMILES string of the molecule is COC1CCN(c2ccc3c(c2)OCC2C(CN)OC(=O)N32)C(=O)C1. The molecule has 1 aromatic rings. The lowest BCUT2D eigenvalue weighted by atomic mass is 10.0. The Morgan fingerprint density at radius 3 is 2.92 bits per heavy atom. The normalized spacial score (nSPS) is 28.3. The molecule has 1 aromatic carbocycles. The summed E-state index contributed by atoms with van der Waals surface area (Å²) in [6.07, 6.45) is 0.363. The minimum Gasteiger partial charge on any atom is -0.489 e. The van der Waals surface area contributed by atoms with Crippen molar-refractivity contribution in [1.82, 2.24) is 0 Å². The zero-order valence-corrected chi connectivity index (χ0v) is 14.0. The second kappa shape index (κ2) is 6.20. The standard InChI is InChI=1S/C17H21N3O5/c1-23-11-4-5-19(16(21)7-11)10-2-3-12-14(6-10)24-9-13-15(8-18)25-17(22)20(12)13/h2-3,6,11,13,15H,4-5,7-9,18H2,1H3. The molecule has 3 atom stereocenters. The Balaban J connectivity index is 1.60. The summed E-state index contributed by atoms with van der Waals surface area (Å²) < 4.78 is 16.4. The quantitative estimate of drug-likeness (QED) is 0.872. The molecule has 2 N–H and O–H groups in total. The lowest BCUT2D eigenvalue weighted by Crippen LogP contribution is -2.46. The van der Waals surface area contributed by atoms with E-state index in [0.29, 0.717) is 31.0 Å². The number of fused-ring (bicyclic) bond motifs is 3. The number of hydrogen-bond acceptors (Lipinski definition) is 6. The van der Waals surface area contributed by atoms with Gasteiger partial charge in [-0.1, -0.05) is 0 Å². The Morgan fingerprint density at radius 2 is 2.20 bits per heavy atom. The molecule has 0 spiro atoms. The van der Waals surface area contributed by atoms with Crippen molar-refractivity contribution < 1.29 is 23.8 Å². The average molecular weight is 347 g/mol. The van der Waals surface area contributed by atoms with Gasteiger partial charge in [-0.25, -0.2) is 4.79 Å². The number of anilines is 2. The van der Waals surface area contributed by atoms with Crippen LogP contribution in [0.4, 0.5) is 16.2 Å². The van der Waals surface area contributed by atoms with Gasteiger partial charge in [0.1, 0.15) is 24.5 Å². The second-order valence-corrected chi connectivity index (χ2v) is 6.45. The topological polar surface area (TPSA) is 94.3 Å². The van der Waals surface area contributed by atoms with Gasteiger partial charge >= 0.3 is 6.09 Å². The van der Waals surface area contributed by atoms with Crippen LogP contribution in [-0.4, -0.2) is 57.1 Å². The fourth-order valence-corrected chi connectivity index (χ4v) is 3.67. The summed E-state index contributed by atoms with van der Waals surface area (Å²) in [5.41, 5.74) is 7.09. The van der Waals surface area contributed by atoms with Gasteiger partial charge in [-0.2, -0.15) is 0 Å². The largest absolute Gasteiger partial charge is 0.489 e. The van der Waals surface area contributed by atoms with Gasteiger partial charge in [-0.15, -0.1) is 0 Å². The van der Waals surface area contributed by atoms with Crippen LogP contribution in [0.1, 0.15) is 12.8 Å². The summed E-state index contributed by atoms with van der Waals surface area (Å²) in [7, 11) is 1.63. The van der Waals surface area contributed by atoms with Crippen molar-refractivity contribution in [3.05, 3.63) is 18.2 Å². The first-order valence-electron chi connectivity index (χ1n) is 8.42. The van der Waals surface area contributed by atoms with Crippen LogP contribution in [0.25, 0.3) is 0 Å². The zero-order chi connectivity index (χ0) is 17.6. The molecular formula is C17H21N3O5. The Hall–Kier alpha value is -2.32. The monoisotopic (exact) mass is 347 g/mol. The number of cyclic esters (lactones) is 1. The first kappa shape index (κ1) is 16.2. The molecule has 0 saturated carbocycles. The van der Waals surface area contributed by atoms with E-state index in [9.17, 15) is 9.59 Å². The Bertz CT molecular complexity index is 710. The van der Waals surface area contributed by atoms with Crippen LogP contribution < -0.4 is 20.3 Å². The summed E-state index contributed by atoms with van der Waals surface area (Å²) in [4.78, 5) is 27.8. The van der Waals surface area contributed by atoms with E-state index in [1.807, 2.05) is 6.07 Å². The van der Waals surface area contributed by atoms with Gasteiger partial charge in [-0.05, 0) is 18.6 Å². The lowest BCUT2D eigenvalue weighted by molar-refractivity contribution is -0.122. The van der Waals surface area contributed by atoms with Crippen molar-refractivity contribution in [3.8, 4) is 5.75 Å². The third kappa shape index (κ3) is 2.61. The van der Waals surface area contributed by atoms with Crippen molar-refractivity contribution in [2.45, 2.75) is 31.1 Å². The molecule has 3 aliphatic rings. The van der Waals surface area contributed by atoms with Crippen LogP contribution in [0.5, 0.6) is 5.75 Å². The van der Waals surface area contributed by atoms with Crippen molar-refractivity contribution in [1.29, 1.82) is 0 Å². The molecule has 8 heteroatoms. The highest BCUT2D eigenvalue weighted by Crippen LogP contribution is 2.41. The number of piperidine rings is 1. The summed E-state index contributed by atoms with van der Waals surface area (Å²) in [5.74, 6) is 0.598. The summed E-state index contributed by atoms with van der Waals surface area (Å²) >= 11 is 0. The van der Waals surface area contributed by atoms with Crippen LogP contribution in [0, 0.1) is 0 Å². The fraction of sp³-hybridized carbons (Fsp3) is 0.529. The van der Waals surface area contributed by atoms with Crippen LogP contribution >= 0.6 is 0 Å². The van der Waals surface area contributed by atoms with E-state index in [1.165, 1.54) is 0 Å². The van der Waals surface area contributed by atoms with Crippen LogP contribution in [-0.2, 0) is 14.3 Å². The summed E-state index contributed by atoms with van der Waals surface area (Å²) in [6, 6.07) is 5.22. The molecule has 2 amide bonds. The van der Waals surface area contributed by atoms with Gasteiger partial charge in [0.2, 0.25) is 5.91 Å². The lowest BCUT2D eigenvalue weighted by Gasteiger charge is -2.34. The van der Waals surface area contributed by atoms with Crippen molar-refractivity contribution in [2.75, 3.05) is 36.6 Å². The molecule has 0 bridgehead atoms. The number of nitrogens with two attached hydrogens (primary N) is 1. The maximum absolute atomic E-state index is 12.4. The molecule has 2 saturated heterocycles. The fourth-order valence-electron chi connectivity index (χ4n) is 3.67. The molecular weight excluding hydrogens is 326 g/mol. The van der Waals surface area contributed by atoms with Crippen molar-refractivity contribution in [2.24, 2.45) is 5.73 Å². The molecule has 3 aliphatic heterocycles. The maximum atomic E-state index is 12.4. The Labute approximate surface area is 145 Å². The van der Waals surface area contributed by atoms with Gasteiger partial charge in [0.15, 0.2) is 0 Å². The number of nitrogens with zero attached hydrogens (tertiary/aromatic N) is 2. The number of carbonyl (C=O) groups is 2. The predicted octanol–water partition coefficient (Wildman–Crippen LogP) is 0.873. The molecule has 0 radical (unpaired) electrons. The molecule has 4 rings (SSSR count).